The van der Waals surface area contributed by atoms with Gasteiger partial charge < -0.3 is 0 Å². The zero-order valence-electron chi connectivity index (χ0n) is 12.4. The largest absolute Gasteiger partial charge is 0.273 e. The molecule has 0 unspecified atom stereocenters. The Morgan fingerprint density at radius 3 is 1.50 bits per heavy atom. The summed E-state index contributed by atoms with van der Waals surface area (Å²) in [4.78, 5) is 32.6. The molecule has 0 aromatic carbocycles. The van der Waals surface area contributed by atoms with Crippen molar-refractivity contribution in [3.8, 4) is 0 Å². The molecule has 0 aromatic rings. The first-order chi connectivity index (χ1) is 9.41. The molecule has 6 nitrogen and oxygen atoms in total. The number of hydroxylamine groups is 2. The molecular formula is C12H24N2O4S2. The van der Waals surface area contributed by atoms with Gasteiger partial charge in [0.15, 0.2) is 0 Å². The first kappa shape index (κ1) is 19.6. The van der Waals surface area contributed by atoms with Crippen molar-refractivity contribution in [1.29, 1.82) is 0 Å². The SMILES string of the molecule is CC(C)ONC(=O)CCSSCCC(=O)NOC(C)C. The van der Waals surface area contributed by atoms with Gasteiger partial charge in [-0.15, -0.1) is 0 Å². The molecule has 0 fully saturated rings. The Morgan fingerprint density at radius 2 is 1.20 bits per heavy atom. The predicted molar refractivity (Wildman–Crippen MR) is 82.9 cm³/mol. The van der Waals surface area contributed by atoms with Crippen molar-refractivity contribution in [3.63, 3.8) is 0 Å². The van der Waals surface area contributed by atoms with Crippen LogP contribution in [0.4, 0.5) is 0 Å². The van der Waals surface area contributed by atoms with E-state index in [1.165, 1.54) is 0 Å². The molecule has 0 saturated heterocycles. The van der Waals surface area contributed by atoms with Crippen LogP contribution in [0.2, 0.25) is 0 Å². The molecule has 0 bridgehead atoms. The molecule has 0 radical (unpaired) electrons. The Bertz CT molecular complexity index is 261. The molecule has 20 heavy (non-hydrogen) atoms. The van der Waals surface area contributed by atoms with Gasteiger partial charge in [-0.2, -0.15) is 0 Å². The van der Waals surface area contributed by atoms with Crippen LogP contribution in [0.1, 0.15) is 40.5 Å². The smallest absolute Gasteiger partial charge is 0.244 e. The van der Waals surface area contributed by atoms with E-state index in [1.54, 1.807) is 21.6 Å². The van der Waals surface area contributed by atoms with Gasteiger partial charge in [-0.05, 0) is 27.7 Å². The van der Waals surface area contributed by atoms with Gasteiger partial charge >= 0.3 is 0 Å². The van der Waals surface area contributed by atoms with Crippen molar-refractivity contribution in [2.24, 2.45) is 0 Å². The summed E-state index contributed by atoms with van der Waals surface area (Å²) < 4.78 is 0. The molecule has 0 rings (SSSR count). The van der Waals surface area contributed by atoms with Crippen molar-refractivity contribution in [1.82, 2.24) is 11.0 Å². The van der Waals surface area contributed by atoms with Crippen molar-refractivity contribution < 1.29 is 19.3 Å². The van der Waals surface area contributed by atoms with E-state index in [0.717, 1.165) is 0 Å². The van der Waals surface area contributed by atoms with Crippen molar-refractivity contribution >= 4 is 33.4 Å². The van der Waals surface area contributed by atoms with Gasteiger partial charge in [-0.1, -0.05) is 21.6 Å². The average Bonchev–Trinajstić information content (AvgIpc) is 2.37. The van der Waals surface area contributed by atoms with E-state index in [9.17, 15) is 9.59 Å². The maximum absolute atomic E-state index is 11.3. The summed E-state index contributed by atoms with van der Waals surface area (Å²) >= 11 is 0. The molecule has 8 heteroatoms. The van der Waals surface area contributed by atoms with Gasteiger partial charge in [0.1, 0.15) is 0 Å². The minimum absolute atomic E-state index is 0.0208. The number of rotatable bonds is 11. The maximum Gasteiger partial charge on any atom is 0.244 e. The highest BCUT2D eigenvalue weighted by Gasteiger charge is 2.05. The number of amides is 2. The van der Waals surface area contributed by atoms with Crippen LogP contribution in [-0.4, -0.2) is 35.5 Å². The van der Waals surface area contributed by atoms with Gasteiger partial charge in [-0.3, -0.25) is 19.3 Å². The minimum atomic E-state index is -0.130. The first-order valence-electron chi connectivity index (χ1n) is 6.55. The zero-order valence-corrected chi connectivity index (χ0v) is 14.1. The maximum atomic E-state index is 11.3. The monoisotopic (exact) mass is 324 g/mol. The van der Waals surface area contributed by atoms with Crippen LogP contribution >= 0.6 is 21.6 Å². The summed E-state index contributed by atoms with van der Waals surface area (Å²) in [6.45, 7) is 7.38. The molecular weight excluding hydrogens is 300 g/mol. The van der Waals surface area contributed by atoms with Crippen LogP contribution < -0.4 is 11.0 Å². The van der Waals surface area contributed by atoms with Crippen molar-refractivity contribution in [2.75, 3.05) is 11.5 Å². The zero-order chi connectivity index (χ0) is 15.4. The highest BCUT2D eigenvalue weighted by atomic mass is 33.1. The summed E-state index contributed by atoms with van der Waals surface area (Å²) in [6.07, 6.45) is 0.750. The van der Waals surface area contributed by atoms with Crippen molar-refractivity contribution in [2.45, 2.75) is 52.7 Å². The molecule has 118 valence electrons. The number of carbonyl (C=O) groups is 2. The minimum Gasteiger partial charge on any atom is -0.273 e. The lowest BCUT2D eigenvalue weighted by molar-refractivity contribution is -0.137. The van der Waals surface area contributed by atoms with E-state index in [4.69, 9.17) is 9.68 Å². The fourth-order valence-corrected chi connectivity index (χ4v) is 2.84. The average molecular weight is 324 g/mol. The Kier molecular flexibility index (Phi) is 12.0. The van der Waals surface area contributed by atoms with E-state index >= 15 is 0 Å². The Hall–Kier alpha value is -0.440. The Balaban J connectivity index is 3.35. The van der Waals surface area contributed by atoms with E-state index in [0.29, 0.717) is 24.3 Å². The quantitative estimate of drug-likeness (QED) is 0.344. The Morgan fingerprint density at radius 1 is 0.850 bits per heavy atom. The second kappa shape index (κ2) is 12.3. The van der Waals surface area contributed by atoms with Gasteiger partial charge in [0.05, 0.1) is 12.2 Å². The standard InChI is InChI=1S/C12H24N2O4S2/c1-9(2)17-13-11(15)5-7-19-20-8-6-12(16)14-18-10(3)4/h9-10H,5-8H2,1-4H3,(H,13,15)(H,14,16). The summed E-state index contributed by atoms with van der Waals surface area (Å²) in [5, 5.41) is 0. The van der Waals surface area contributed by atoms with Crippen LogP contribution in [0.5, 0.6) is 0 Å². The molecule has 0 aliphatic heterocycles. The summed E-state index contributed by atoms with van der Waals surface area (Å²) in [5.74, 6) is 1.11. The van der Waals surface area contributed by atoms with Crippen LogP contribution in [0.15, 0.2) is 0 Å². The van der Waals surface area contributed by atoms with Gasteiger partial charge in [-0.25, -0.2) is 11.0 Å². The van der Waals surface area contributed by atoms with E-state index in [2.05, 4.69) is 11.0 Å². The van der Waals surface area contributed by atoms with Gasteiger partial charge in [0.25, 0.3) is 0 Å². The molecule has 0 saturated carbocycles. The summed E-state index contributed by atoms with van der Waals surface area (Å²) in [6, 6.07) is 0. The predicted octanol–water partition coefficient (Wildman–Crippen LogP) is 2.06. The van der Waals surface area contributed by atoms with Crippen LogP contribution in [0.25, 0.3) is 0 Å². The summed E-state index contributed by atoms with van der Waals surface area (Å²) in [7, 11) is 3.12. The topological polar surface area (TPSA) is 76.7 Å². The second-order valence-corrected chi connectivity index (χ2v) is 7.23. The molecule has 0 spiro atoms. The van der Waals surface area contributed by atoms with Gasteiger partial charge in [0.2, 0.25) is 11.8 Å². The number of carbonyl (C=O) groups excluding carboxylic acids is 2. The summed E-state index contributed by atoms with van der Waals surface area (Å²) in [5.41, 5.74) is 4.75. The molecule has 0 heterocycles. The fraction of sp³-hybridized carbons (Fsp3) is 0.833. The molecule has 2 amide bonds. The third kappa shape index (κ3) is 14.0. The lowest BCUT2D eigenvalue weighted by Crippen LogP contribution is -2.27. The van der Waals surface area contributed by atoms with E-state index in [1.807, 2.05) is 27.7 Å². The number of nitrogens with one attached hydrogen (secondary N) is 2. The fourth-order valence-electron chi connectivity index (χ4n) is 0.856. The molecule has 0 aliphatic carbocycles. The normalized spacial score (nSPS) is 10.9. The van der Waals surface area contributed by atoms with Crippen molar-refractivity contribution in [3.05, 3.63) is 0 Å². The second-order valence-electron chi connectivity index (χ2n) is 4.53. The van der Waals surface area contributed by atoms with Crippen LogP contribution in [0.3, 0.4) is 0 Å². The Labute approximate surface area is 128 Å². The van der Waals surface area contributed by atoms with Crippen LogP contribution in [-0.2, 0) is 19.3 Å². The lowest BCUT2D eigenvalue weighted by atomic mass is 10.5. The third-order valence-corrected chi connectivity index (χ3v) is 4.13. The number of hydrogen-bond acceptors (Lipinski definition) is 6. The number of hydrogen-bond donors (Lipinski definition) is 2. The lowest BCUT2D eigenvalue weighted by Gasteiger charge is -2.08. The van der Waals surface area contributed by atoms with Gasteiger partial charge in [0, 0.05) is 24.3 Å². The van der Waals surface area contributed by atoms with E-state index in [-0.39, 0.29) is 24.0 Å². The van der Waals surface area contributed by atoms with Crippen LogP contribution in [0, 0.1) is 0 Å². The van der Waals surface area contributed by atoms with E-state index < -0.39 is 0 Å². The highest BCUT2D eigenvalue weighted by molar-refractivity contribution is 8.76. The molecule has 2 N–H and O–H groups in total. The molecule has 0 atom stereocenters. The first-order valence-corrected chi connectivity index (χ1v) is 9.04. The highest BCUT2D eigenvalue weighted by Crippen LogP contribution is 2.22. The molecule has 0 aliphatic rings. The third-order valence-electron chi connectivity index (χ3n) is 1.73. The molecule has 0 aromatic heterocycles.